The third kappa shape index (κ3) is 4.64. The number of carbonyl (C=O) groups is 1. The second-order valence-electron chi connectivity index (χ2n) is 6.89. The van der Waals surface area contributed by atoms with Gasteiger partial charge in [0.25, 0.3) is 0 Å². The third-order valence-corrected chi connectivity index (χ3v) is 4.25. The average Bonchev–Trinajstić information content (AvgIpc) is 3.15. The van der Waals surface area contributed by atoms with Crippen LogP contribution in [0.5, 0.6) is 0 Å². The SMILES string of the molecule is Cc1cc(CN(C)C(=O)Cn2nnnc2CN2C[C@@H](C)O[C@@H](C)C2)on1. The molecule has 1 aliphatic heterocycles. The molecule has 10 heteroatoms. The van der Waals surface area contributed by atoms with Crippen LogP contribution in [0.25, 0.3) is 0 Å². The molecular weight excluding hydrogens is 338 g/mol. The Morgan fingerprint density at radius 1 is 1.35 bits per heavy atom. The molecule has 1 fully saturated rings. The number of amides is 1. The Hall–Kier alpha value is -2.33. The Morgan fingerprint density at radius 2 is 2.08 bits per heavy atom. The van der Waals surface area contributed by atoms with Gasteiger partial charge in [0.1, 0.15) is 6.54 Å². The molecule has 10 nitrogen and oxygen atoms in total. The average molecular weight is 363 g/mol. The van der Waals surface area contributed by atoms with Crippen LogP contribution in [0.15, 0.2) is 10.6 Å². The Bertz CT molecular complexity index is 734. The summed E-state index contributed by atoms with van der Waals surface area (Å²) < 4.78 is 12.5. The van der Waals surface area contributed by atoms with E-state index in [1.807, 2.05) is 13.0 Å². The second-order valence-corrected chi connectivity index (χ2v) is 6.89. The molecule has 142 valence electrons. The van der Waals surface area contributed by atoms with Crippen LogP contribution in [0, 0.1) is 6.92 Å². The van der Waals surface area contributed by atoms with E-state index in [4.69, 9.17) is 9.26 Å². The van der Waals surface area contributed by atoms with Crippen molar-refractivity contribution in [3.63, 3.8) is 0 Å². The Balaban J connectivity index is 1.58. The van der Waals surface area contributed by atoms with Crippen molar-refractivity contribution in [1.82, 2.24) is 35.2 Å². The van der Waals surface area contributed by atoms with E-state index in [9.17, 15) is 4.79 Å². The highest BCUT2D eigenvalue weighted by molar-refractivity contribution is 5.75. The van der Waals surface area contributed by atoms with Gasteiger partial charge in [0.15, 0.2) is 11.6 Å². The molecule has 0 spiro atoms. The fourth-order valence-corrected chi connectivity index (χ4v) is 3.13. The number of tetrazole rings is 1. The number of hydrogen-bond acceptors (Lipinski definition) is 8. The first-order chi connectivity index (χ1) is 12.4. The number of carbonyl (C=O) groups excluding carboxylic acids is 1. The van der Waals surface area contributed by atoms with Gasteiger partial charge in [-0.15, -0.1) is 5.10 Å². The molecule has 1 saturated heterocycles. The maximum atomic E-state index is 12.5. The highest BCUT2D eigenvalue weighted by atomic mass is 16.5. The molecule has 2 aromatic heterocycles. The lowest BCUT2D eigenvalue weighted by molar-refractivity contribution is -0.131. The van der Waals surface area contributed by atoms with E-state index in [-0.39, 0.29) is 24.7 Å². The van der Waals surface area contributed by atoms with Gasteiger partial charge in [-0.05, 0) is 31.2 Å². The summed E-state index contributed by atoms with van der Waals surface area (Å²) in [7, 11) is 1.72. The maximum absolute atomic E-state index is 12.5. The van der Waals surface area contributed by atoms with Gasteiger partial charge in [0.05, 0.1) is 31.0 Å². The molecule has 2 aromatic rings. The second kappa shape index (κ2) is 7.92. The van der Waals surface area contributed by atoms with Crippen LogP contribution in [0.1, 0.15) is 31.1 Å². The molecule has 0 bridgehead atoms. The van der Waals surface area contributed by atoms with E-state index >= 15 is 0 Å². The third-order valence-electron chi connectivity index (χ3n) is 4.25. The van der Waals surface area contributed by atoms with Gasteiger partial charge in [0, 0.05) is 26.2 Å². The van der Waals surface area contributed by atoms with Crippen molar-refractivity contribution in [1.29, 1.82) is 0 Å². The minimum atomic E-state index is -0.101. The summed E-state index contributed by atoms with van der Waals surface area (Å²) in [5.41, 5.74) is 0.789. The minimum absolute atomic E-state index is 0.0847. The van der Waals surface area contributed by atoms with Gasteiger partial charge in [-0.1, -0.05) is 5.16 Å². The molecule has 2 atom stereocenters. The number of aromatic nitrogens is 5. The Kier molecular flexibility index (Phi) is 5.62. The summed E-state index contributed by atoms with van der Waals surface area (Å²) in [5.74, 6) is 1.21. The van der Waals surface area contributed by atoms with Crippen LogP contribution < -0.4 is 0 Å². The van der Waals surface area contributed by atoms with Crippen LogP contribution in [0.2, 0.25) is 0 Å². The van der Waals surface area contributed by atoms with Crippen molar-refractivity contribution in [2.24, 2.45) is 0 Å². The highest BCUT2D eigenvalue weighted by Crippen LogP contribution is 2.13. The summed E-state index contributed by atoms with van der Waals surface area (Å²) >= 11 is 0. The number of likely N-dealkylation sites (N-methyl/N-ethyl adjacent to an activating group) is 1. The smallest absolute Gasteiger partial charge is 0.244 e. The first-order valence-electron chi connectivity index (χ1n) is 8.69. The van der Waals surface area contributed by atoms with Gasteiger partial charge in [0.2, 0.25) is 5.91 Å². The lowest BCUT2D eigenvalue weighted by Crippen LogP contribution is -2.45. The molecule has 0 aromatic carbocycles. The largest absolute Gasteiger partial charge is 0.373 e. The normalized spacial score (nSPS) is 21.1. The van der Waals surface area contributed by atoms with Crippen LogP contribution >= 0.6 is 0 Å². The molecule has 0 N–H and O–H groups in total. The molecule has 1 amide bonds. The van der Waals surface area contributed by atoms with Crippen molar-refractivity contribution in [2.75, 3.05) is 20.1 Å². The van der Waals surface area contributed by atoms with Crippen molar-refractivity contribution >= 4 is 5.91 Å². The van der Waals surface area contributed by atoms with Crippen molar-refractivity contribution in [3.05, 3.63) is 23.3 Å². The van der Waals surface area contributed by atoms with Gasteiger partial charge in [-0.3, -0.25) is 9.69 Å². The zero-order valence-corrected chi connectivity index (χ0v) is 15.6. The van der Waals surface area contributed by atoms with Crippen molar-refractivity contribution in [3.8, 4) is 0 Å². The van der Waals surface area contributed by atoms with E-state index in [2.05, 4.69) is 39.4 Å². The summed E-state index contributed by atoms with van der Waals surface area (Å²) in [5, 5.41) is 15.6. The van der Waals surface area contributed by atoms with E-state index in [0.717, 1.165) is 18.8 Å². The van der Waals surface area contributed by atoms with E-state index < -0.39 is 0 Å². The lowest BCUT2D eigenvalue weighted by atomic mass is 10.2. The summed E-state index contributed by atoms with van der Waals surface area (Å²) in [6.45, 7) is 8.60. The fraction of sp³-hybridized carbons (Fsp3) is 0.688. The number of ether oxygens (including phenoxy) is 1. The standard InChI is InChI=1S/C16H25N7O3/c1-11-5-14(26-18-11)8-21(4)16(24)10-23-15(17-19-20-23)9-22-6-12(2)25-13(3)7-22/h5,12-13H,6-10H2,1-4H3/t12-,13+. The zero-order valence-electron chi connectivity index (χ0n) is 15.6. The van der Waals surface area contributed by atoms with Gasteiger partial charge < -0.3 is 14.2 Å². The first kappa shape index (κ1) is 18.5. The van der Waals surface area contributed by atoms with E-state index in [1.54, 1.807) is 16.6 Å². The van der Waals surface area contributed by atoms with E-state index in [1.165, 1.54) is 0 Å². The number of morpholine rings is 1. The first-order valence-corrected chi connectivity index (χ1v) is 8.69. The number of rotatable bonds is 6. The predicted octanol–water partition coefficient (Wildman–Crippen LogP) is 0.237. The Morgan fingerprint density at radius 3 is 2.73 bits per heavy atom. The molecule has 26 heavy (non-hydrogen) atoms. The molecule has 0 saturated carbocycles. The molecule has 0 aliphatic carbocycles. The van der Waals surface area contributed by atoms with Gasteiger partial charge in [-0.25, -0.2) is 4.68 Å². The number of nitrogens with zero attached hydrogens (tertiary/aromatic N) is 7. The van der Waals surface area contributed by atoms with Crippen LogP contribution in [0.3, 0.4) is 0 Å². The molecular formula is C16H25N7O3. The van der Waals surface area contributed by atoms with Crippen molar-refractivity contribution < 1.29 is 14.1 Å². The topological polar surface area (TPSA) is 102 Å². The number of aryl methyl sites for hydroxylation is 1. The van der Waals surface area contributed by atoms with Gasteiger partial charge >= 0.3 is 0 Å². The summed E-state index contributed by atoms with van der Waals surface area (Å²) in [6.07, 6.45) is 0.336. The molecule has 3 heterocycles. The van der Waals surface area contributed by atoms with Crippen molar-refractivity contribution in [2.45, 2.75) is 52.6 Å². The highest BCUT2D eigenvalue weighted by Gasteiger charge is 2.24. The molecule has 1 aliphatic rings. The van der Waals surface area contributed by atoms with Gasteiger partial charge in [-0.2, -0.15) is 0 Å². The van der Waals surface area contributed by atoms with E-state index in [0.29, 0.717) is 24.7 Å². The predicted molar refractivity (Wildman–Crippen MR) is 90.8 cm³/mol. The van der Waals surface area contributed by atoms with Crippen LogP contribution in [-0.4, -0.2) is 73.4 Å². The monoisotopic (exact) mass is 363 g/mol. The zero-order chi connectivity index (χ0) is 18.7. The fourth-order valence-electron chi connectivity index (χ4n) is 3.13. The Labute approximate surface area is 152 Å². The molecule has 0 unspecified atom stereocenters. The molecule has 3 rings (SSSR count). The molecule has 0 radical (unpaired) electrons. The quantitative estimate of drug-likeness (QED) is 0.719. The summed E-state index contributed by atoms with van der Waals surface area (Å²) in [4.78, 5) is 16.3. The van der Waals surface area contributed by atoms with Crippen LogP contribution in [0.4, 0.5) is 0 Å². The summed E-state index contributed by atoms with van der Waals surface area (Å²) in [6, 6.07) is 1.81. The van der Waals surface area contributed by atoms with Crippen LogP contribution in [-0.2, 0) is 29.2 Å². The minimum Gasteiger partial charge on any atom is -0.373 e. The number of hydrogen-bond donors (Lipinski definition) is 0. The maximum Gasteiger partial charge on any atom is 0.244 e. The lowest BCUT2D eigenvalue weighted by Gasteiger charge is -2.34.